The average Bonchev–Trinajstić information content (AvgIpc) is 3.07. The highest BCUT2D eigenvalue weighted by molar-refractivity contribution is 7.90. The van der Waals surface area contributed by atoms with E-state index in [1.165, 1.54) is 25.3 Å². The molecule has 1 aliphatic heterocycles. The van der Waals surface area contributed by atoms with Gasteiger partial charge in [0.1, 0.15) is 5.75 Å². The van der Waals surface area contributed by atoms with E-state index in [2.05, 4.69) is 15.5 Å². The molecule has 11 heteroatoms. The molecule has 34 heavy (non-hydrogen) atoms. The van der Waals surface area contributed by atoms with Crippen molar-refractivity contribution in [2.45, 2.75) is 37.0 Å². The summed E-state index contributed by atoms with van der Waals surface area (Å²) >= 11 is 5.97. The van der Waals surface area contributed by atoms with Crippen molar-refractivity contribution in [3.8, 4) is 5.75 Å². The molecule has 0 atom stereocenters. The van der Waals surface area contributed by atoms with Gasteiger partial charge >= 0.3 is 6.03 Å². The fourth-order valence-electron chi connectivity index (χ4n) is 3.64. The number of benzene rings is 2. The van der Waals surface area contributed by atoms with Crippen LogP contribution in [0.2, 0.25) is 5.02 Å². The molecule has 2 aromatic rings. The lowest BCUT2D eigenvalue weighted by molar-refractivity contribution is 0.0951. The zero-order valence-electron chi connectivity index (χ0n) is 19.0. The molecule has 0 saturated carbocycles. The van der Waals surface area contributed by atoms with E-state index >= 15 is 0 Å². The minimum Gasteiger partial charge on any atom is -0.496 e. The van der Waals surface area contributed by atoms with Crippen LogP contribution in [0.25, 0.3) is 0 Å². The molecule has 2 aromatic carbocycles. The number of carbonyl (C=O) groups is 2. The topological polar surface area (TPSA) is 117 Å². The number of amides is 3. The number of ether oxygens (including phenoxy) is 1. The largest absolute Gasteiger partial charge is 0.496 e. The Bertz CT molecular complexity index is 1100. The number of nitrogens with zero attached hydrogens (tertiary/aromatic N) is 1. The Balaban J connectivity index is 1.51. The maximum atomic E-state index is 12.5. The summed E-state index contributed by atoms with van der Waals surface area (Å²) in [6.07, 6.45) is 4.60. The molecule has 1 saturated heterocycles. The van der Waals surface area contributed by atoms with Crippen LogP contribution >= 0.6 is 11.6 Å². The van der Waals surface area contributed by atoms with Crippen LogP contribution in [0.3, 0.4) is 0 Å². The molecule has 1 fully saturated rings. The average molecular weight is 509 g/mol. The van der Waals surface area contributed by atoms with E-state index in [4.69, 9.17) is 16.3 Å². The number of hydrazine groups is 1. The van der Waals surface area contributed by atoms with Gasteiger partial charge in [0.15, 0.2) is 0 Å². The smallest absolute Gasteiger partial charge is 0.343 e. The Labute approximate surface area is 204 Å². The Morgan fingerprint density at radius 1 is 1.03 bits per heavy atom. The van der Waals surface area contributed by atoms with Crippen molar-refractivity contribution < 1.29 is 22.7 Å². The summed E-state index contributed by atoms with van der Waals surface area (Å²) in [5.41, 5.74) is 3.77. The fourth-order valence-corrected chi connectivity index (χ4v) is 4.71. The molecule has 3 rings (SSSR count). The third kappa shape index (κ3) is 7.34. The van der Waals surface area contributed by atoms with Crippen LogP contribution in [0.15, 0.2) is 47.4 Å². The Morgan fingerprint density at radius 2 is 1.71 bits per heavy atom. The molecular formula is C23H29ClN4O5S. The Kier molecular flexibility index (Phi) is 9.14. The lowest BCUT2D eigenvalue weighted by atomic mass is 10.1. The number of nitrogens with one attached hydrogen (secondary N) is 3. The van der Waals surface area contributed by atoms with Crippen LogP contribution in [0.4, 0.5) is 4.79 Å². The molecule has 3 N–H and O–H groups in total. The van der Waals surface area contributed by atoms with Gasteiger partial charge in [-0.05, 0) is 55.2 Å². The molecule has 9 nitrogen and oxygen atoms in total. The predicted molar refractivity (Wildman–Crippen MR) is 129 cm³/mol. The lowest BCUT2D eigenvalue weighted by Gasteiger charge is -2.20. The number of hydrogen-bond donors (Lipinski definition) is 3. The normalized spacial score (nSPS) is 14.6. The van der Waals surface area contributed by atoms with Gasteiger partial charge in [-0.1, -0.05) is 36.6 Å². The highest BCUT2D eigenvalue weighted by atomic mass is 35.5. The quantitative estimate of drug-likeness (QED) is 0.504. The number of carbonyl (C=O) groups excluding carboxylic acids is 2. The zero-order valence-corrected chi connectivity index (χ0v) is 20.5. The number of rotatable bonds is 8. The van der Waals surface area contributed by atoms with E-state index in [-0.39, 0.29) is 10.8 Å². The van der Waals surface area contributed by atoms with Gasteiger partial charge in [-0.2, -0.15) is 0 Å². The first-order valence-electron chi connectivity index (χ1n) is 11.1. The standard InChI is InChI=1S/C23H29ClN4O5S/c1-33-21-11-8-18(24)16-20(21)22(29)25-13-12-17-6-9-19(10-7-17)34(31,32)27-23(30)26-28-14-4-2-3-5-15-28/h6-11,16H,2-5,12-15H2,1H3,(H,25,29)(H2,26,27,30). The number of sulfonamides is 1. The summed E-state index contributed by atoms with van der Waals surface area (Å²) < 4.78 is 32.3. The van der Waals surface area contributed by atoms with Crippen LogP contribution in [-0.2, 0) is 16.4 Å². The van der Waals surface area contributed by atoms with E-state index in [1.807, 2.05) is 0 Å². The zero-order chi connectivity index (χ0) is 24.6. The molecule has 0 aliphatic carbocycles. The molecule has 1 heterocycles. The van der Waals surface area contributed by atoms with Crippen molar-refractivity contribution in [1.82, 2.24) is 20.5 Å². The van der Waals surface area contributed by atoms with Gasteiger partial charge in [-0.15, -0.1) is 0 Å². The molecule has 0 bridgehead atoms. The molecule has 0 spiro atoms. The number of halogens is 1. The molecule has 0 aromatic heterocycles. The first-order valence-corrected chi connectivity index (χ1v) is 12.9. The van der Waals surface area contributed by atoms with E-state index < -0.39 is 16.1 Å². The molecule has 3 amide bonds. The van der Waals surface area contributed by atoms with E-state index in [9.17, 15) is 18.0 Å². The van der Waals surface area contributed by atoms with Crippen molar-refractivity contribution in [3.63, 3.8) is 0 Å². The molecule has 0 unspecified atom stereocenters. The van der Waals surface area contributed by atoms with Crippen LogP contribution < -0.4 is 20.2 Å². The third-order valence-electron chi connectivity index (χ3n) is 5.43. The minimum atomic E-state index is -4.00. The molecular weight excluding hydrogens is 480 g/mol. The van der Waals surface area contributed by atoms with Gasteiger partial charge in [0.2, 0.25) is 0 Å². The molecule has 0 radical (unpaired) electrons. The maximum absolute atomic E-state index is 12.5. The van der Waals surface area contributed by atoms with Gasteiger partial charge < -0.3 is 10.1 Å². The second-order valence-corrected chi connectivity index (χ2v) is 10.1. The van der Waals surface area contributed by atoms with Gasteiger partial charge in [0.05, 0.1) is 17.6 Å². The Hall–Kier alpha value is -2.82. The summed E-state index contributed by atoms with van der Waals surface area (Å²) in [4.78, 5) is 24.6. The summed E-state index contributed by atoms with van der Waals surface area (Å²) in [6.45, 7) is 1.72. The molecule has 1 aliphatic rings. The van der Waals surface area contributed by atoms with Crippen LogP contribution in [0, 0.1) is 0 Å². The first kappa shape index (κ1) is 25.8. The van der Waals surface area contributed by atoms with Gasteiger partial charge in [0, 0.05) is 24.7 Å². The van der Waals surface area contributed by atoms with Crippen molar-refractivity contribution in [3.05, 3.63) is 58.6 Å². The highest BCUT2D eigenvalue weighted by Crippen LogP contribution is 2.22. The predicted octanol–water partition coefficient (Wildman–Crippen LogP) is 3.10. The van der Waals surface area contributed by atoms with Crippen molar-refractivity contribution in [2.24, 2.45) is 0 Å². The fraction of sp³-hybridized carbons (Fsp3) is 0.391. The monoisotopic (exact) mass is 508 g/mol. The number of hydrogen-bond acceptors (Lipinski definition) is 6. The van der Waals surface area contributed by atoms with Crippen molar-refractivity contribution in [2.75, 3.05) is 26.7 Å². The molecule has 184 valence electrons. The van der Waals surface area contributed by atoms with Crippen molar-refractivity contribution >= 4 is 33.6 Å². The van der Waals surface area contributed by atoms with Crippen molar-refractivity contribution in [1.29, 1.82) is 0 Å². The first-order chi connectivity index (χ1) is 16.3. The Morgan fingerprint density at radius 3 is 2.35 bits per heavy atom. The van der Waals surface area contributed by atoms with Gasteiger partial charge in [0.25, 0.3) is 15.9 Å². The highest BCUT2D eigenvalue weighted by Gasteiger charge is 2.20. The SMILES string of the molecule is COc1ccc(Cl)cc1C(=O)NCCc1ccc(S(=O)(=O)NC(=O)NN2CCCCCC2)cc1. The van der Waals surface area contributed by atoms with Gasteiger partial charge in [-0.3, -0.25) is 10.2 Å². The van der Waals surface area contributed by atoms with E-state index in [0.717, 1.165) is 31.2 Å². The number of urea groups is 1. The van der Waals surface area contributed by atoms with E-state index in [0.29, 0.717) is 42.4 Å². The van der Waals surface area contributed by atoms with E-state index in [1.54, 1.807) is 29.3 Å². The van der Waals surface area contributed by atoms with Crippen LogP contribution in [0.1, 0.15) is 41.6 Å². The van der Waals surface area contributed by atoms with Crippen LogP contribution in [-0.4, -0.2) is 52.1 Å². The summed E-state index contributed by atoms with van der Waals surface area (Å²) in [5.74, 6) is 0.0991. The third-order valence-corrected chi connectivity index (χ3v) is 7.01. The summed E-state index contributed by atoms with van der Waals surface area (Å²) in [5, 5.41) is 4.97. The maximum Gasteiger partial charge on any atom is 0.343 e. The second-order valence-electron chi connectivity index (χ2n) is 7.94. The summed E-state index contributed by atoms with van der Waals surface area (Å²) in [7, 11) is -2.53. The van der Waals surface area contributed by atoms with Crippen LogP contribution in [0.5, 0.6) is 5.75 Å². The second kappa shape index (κ2) is 12.0. The number of methoxy groups -OCH3 is 1. The minimum absolute atomic E-state index is 0.0186. The van der Waals surface area contributed by atoms with Gasteiger partial charge in [-0.25, -0.2) is 22.9 Å². The summed E-state index contributed by atoms with van der Waals surface area (Å²) in [6, 6.07) is 10.2. The lowest BCUT2D eigenvalue weighted by Crippen LogP contribution is -2.49.